The van der Waals surface area contributed by atoms with Crippen molar-refractivity contribution in [3.63, 3.8) is 0 Å². The van der Waals surface area contributed by atoms with E-state index in [0.29, 0.717) is 11.2 Å². The van der Waals surface area contributed by atoms with Gasteiger partial charge < -0.3 is 49.4 Å². The van der Waals surface area contributed by atoms with Crippen LogP contribution < -0.4 is 34.4 Å². The van der Waals surface area contributed by atoms with E-state index in [-0.39, 0.29) is 47.6 Å². The Hall–Kier alpha value is -1.71. The minimum Gasteiger partial charge on any atom is -1.00 e. The fourth-order valence-corrected chi connectivity index (χ4v) is 4.55. The third kappa shape index (κ3) is 5.10. The average Bonchev–Trinajstić information content (AvgIpc) is 3.33. The molecule has 32 heavy (non-hydrogen) atoms. The van der Waals surface area contributed by atoms with Crippen LogP contribution in [0.15, 0.2) is 36.9 Å². The summed E-state index contributed by atoms with van der Waals surface area (Å²) in [6.07, 6.45) is 1.80. The molecule has 3 aromatic rings. The lowest BCUT2D eigenvalue weighted by Crippen LogP contribution is -3.00. The summed E-state index contributed by atoms with van der Waals surface area (Å²) in [5, 5.41) is 21.0. The molecule has 4 rings (SSSR count). The highest BCUT2D eigenvalue weighted by molar-refractivity contribution is 7.91. The van der Waals surface area contributed by atoms with E-state index in [1.807, 2.05) is 30.5 Å². The standard InChI is InChI=1S/C20H26N5O5S.HI/c1-28-13-6-4-3-5-12(13)7-8-31(2)29-9-14-16(26)17(27)20(30-14)25-11-24-15-18(21)22-10-23-19(15)25;/h3-6,10-11,14,16-17,20,26-27H,7-9H2,1-2H3,(H2,21,22,23);1H/q+1;/p-1/t14-,16-,17-,20-,31?;/m1./s1. The Morgan fingerprint density at radius 3 is 2.75 bits per heavy atom. The molecule has 1 aliphatic heterocycles. The van der Waals surface area contributed by atoms with Gasteiger partial charge in [0.25, 0.3) is 0 Å². The van der Waals surface area contributed by atoms with Crippen molar-refractivity contribution in [3.05, 3.63) is 42.5 Å². The number of aliphatic hydroxyl groups excluding tert-OH is 2. The van der Waals surface area contributed by atoms with Crippen molar-refractivity contribution < 1.29 is 47.8 Å². The predicted octanol–water partition coefficient (Wildman–Crippen LogP) is -2.54. The monoisotopic (exact) mass is 575 g/mol. The van der Waals surface area contributed by atoms with Crippen LogP contribution in [-0.2, 0) is 26.5 Å². The highest BCUT2D eigenvalue weighted by atomic mass is 127. The second-order valence-electron chi connectivity index (χ2n) is 7.25. The Bertz CT molecular complexity index is 1040. The lowest BCUT2D eigenvalue weighted by Gasteiger charge is -2.16. The van der Waals surface area contributed by atoms with E-state index in [1.165, 1.54) is 12.7 Å². The number of rotatable bonds is 8. The normalized spacial score (nSPS) is 23.8. The van der Waals surface area contributed by atoms with Crippen LogP contribution in [0.4, 0.5) is 5.82 Å². The number of imidazole rings is 1. The van der Waals surface area contributed by atoms with Crippen molar-refractivity contribution in [1.29, 1.82) is 0 Å². The van der Waals surface area contributed by atoms with Gasteiger partial charge in [-0.2, -0.15) is 4.18 Å². The van der Waals surface area contributed by atoms with Crippen LogP contribution >= 0.6 is 0 Å². The summed E-state index contributed by atoms with van der Waals surface area (Å²) in [7, 11) is 1.66. The zero-order chi connectivity index (χ0) is 22.0. The Balaban J connectivity index is 0.00000289. The first kappa shape index (κ1) is 24.9. The van der Waals surface area contributed by atoms with Gasteiger partial charge in [-0.3, -0.25) is 4.57 Å². The summed E-state index contributed by atoms with van der Waals surface area (Å²) < 4.78 is 18.8. The number of nitrogens with two attached hydrogens (primary N) is 1. The number of para-hydroxylation sites is 1. The molecular formula is C20H26IN5O5S. The van der Waals surface area contributed by atoms with Gasteiger partial charge in [0.1, 0.15) is 65.7 Å². The molecule has 4 N–H and O–H groups in total. The number of hydrogen-bond acceptors (Lipinski definition) is 9. The van der Waals surface area contributed by atoms with E-state index >= 15 is 0 Å². The molecule has 0 radical (unpaired) electrons. The molecule has 174 valence electrons. The number of methoxy groups -OCH3 is 1. The second kappa shape index (κ2) is 10.9. The van der Waals surface area contributed by atoms with Crippen molar-refractivity contribution in [2.45, 2.75) is 31.0 Å². The quantitative estimate of drug-likeness (QED) is 0.196. The van der Waals surface area contributed by atoms with Gasteiger partial charge in [0.05, 0.1) is 13.4 Å². The summed E-state index contributed by atoms with van der Waals surface area (Å²) in [6, 6.07) is 7.89. The molecule has 0 spiro atoms. The van der Waals surface area contributed by atoms with Crippen molar-refractivity contribution in [2.24, 2.45) is 0 Å². The maximum absolute atomic E-state index is 10.5. The molecule has 12 heteroatoms. The van der Waals surface area contributed by atoms with E-state index in [1.54, 1.807) is 11.7 Å². The molecule has 1 saturated heterocycles. The van der Waals surface area contributed by atoms with Crippen LogP contribution in [0, 0.1) is 0 Å². The highest BCUT2D eigenvalue weighted by Gasteiger charge is 2.45. The number of ether oxygens (including phenoxy) is 2. The number of aromatic nitrogens is 4. The topological polar surface area (TPSA) is 138 Å². The van der Waals surface area contributed by atoms with E-state index in [4.69, 9.17) is 19.4 Å². The van der Waals surface area contributed by atoms with E-state index < -0.39 is 24.5 Å². The molecule has 1 unspecified atom stereocenters. The van der Waals surface area contributed by atoms with Crippen LogP contribution in [0.2, 0.25) is 0 Å². The third-order valence-electron chi connectivity index (χ3n) is 5.28. The molecular weight excluding hydrogens is 549 g/mol. The summed E-state index contributed by atoms with van der Waals surface area (Å²) in [5.74, 6) is 1.90. The van der Waals surface area contributed by atoms with E-state index in [9.17, 15) is 10.2 Å². The molecule has 1 aromatic carbocycles. The van der Waals surface area contributed by atoms with Crippen molar-refractivity contribution in [3.8, 4) is 5.75 Å². The zero-order valence-electron chi connectivity index (χ0n) is 17.7. The third-order valence-corrected chi connectivity index (χ3v) is 6.60. The average molecular weight is 575 g/mol. The smallest absolute Gasteiger partial charge is 0.167 e. The second-order valence-corrected chi connectivity index (χ2v) is 9.04. The number of anilines is 1. The van der Waals surface area contributed by atoms with Gasteiger partial charge in [-0.05, 0) is 11.6 Å². The number of nitrogen functional groups attached to an aromatic ring is 1. The number of aryl methyl sites for hydroxylation is 1. The van der Waals surface area contributed by atoms with Crippen molar-refractivity contribution >= 4 is 28.2 Å². The maximum atomic E-state index is 10.5. The summed E-state index contributed by atoms with van der Waals surface area (Å²) in [5.41, 5.74) is 7.78. The van der Waals surface area contributed by atoms with E-state index in [2.05, 4.69) is 15.0 Å². The van der Waals surface area contributed by atoms with Crippen molar-refractivity contribution in [2.75, 3.05) is 31.5 Å². The van der Waals surface area contributed by atoms with Gasteiger partial charge in [0.15, 0.2) is 17.7 Å². The Morgan fingerprint density at radius 2 is 1.97 bits per heavy atom. The number of halogens is 1. The van der Waals surface area contributed by atoms with Gasteiger partial charge in [0, 0.05) is 6.42 Å². The molecule has 0 aliphatic carbocycles. The van der Waals surface area contributed by atoms with Gasteiger partial charge >= 0.3 is 0 Å². The Morgan fingerprint density at radius 1 is 1.19 bits per heavy atom. The predicted molar refractivity (Wildman–Crippen MR) is 116 cm³/mol. The summed E-state index contributed by atoms with van der Waals surface area (Å²) >= 11 is -0.361. The first-order valence-corrected chi connectivity index (χ1v) is 11.5. The number of benzene rings is 1. The largest absolute Gasteiger partial charge is 1.00 e. The number of nitrogens with zero attached hydrogens (tertiary/aromatic N) is 4. The number of aliphatic hydroxyl groups is 2. The van der Waals surface area contributed by atoms with Gasteiger partial charge in [-0.1, -0.05) is 18.2 Å². The van der Waals surface area contributed by atoms with Gasteiger partial charge in [0.2, 0.25) is 0 Å². The summed E-state index contributed by atoms with van der Waals surface area (Å²) in [6.45, 7) is 0.157. The van der Waals surface area contributed by atoms with Gasteiger partial charge in [-0.25, -0.2) is 15.0 Å². The first-order valence-electron chi connectivity index (χ1n) is 9.82. The fraction of sp³-hybridized carbons (Fsp3) is 0.450. The molecule has 0 amide bonds. The van der Waals surface area contributed by atoms with Crippen LogP contribution in [0.1, 0.15) is 11.8 Å². The highest BCUT2D eigenvalue weighted by Crippen LogP contribution is 2.32. The molecule has 2 aromatic heterocycles. The van der Waals surface area contributed by atoms with Crippen LogP contribution in [0.3, 0.4) is 0 Å². The lowest BCUT2D eigenvalue weighted by atomic mass is 10.1. The van der Waals surface area contributed by atoms with Gasteiger partial charge in [-0.15, -0.1) is 0 Å². The fourth-order valence-electron chi connectivity index (χ4n) is 3.56. The van der Waals surface area contributed by atoms with E-state index in [0.717, 1.165) is 23.5 Å². The summed E-state index contributed by atoms with van der Waals surface area (Å²) in [4.78, 5) is 12.3. The molecule has 5 atom stereocenters. The maximum Gasteiger partial charge on any atom is 0.167 e. The molecule has 0 bridgehead atoms. The van der Waals surface area contributed by atoms with Crippen LogP contribution in [0.25, 0.3) is 11.2 Å². The Labute approximate surface area is 205 Å². The minimum absolute atomic E-state index is 0. The molecule has 10 nitrogen and oxygen atoms in total. The molecule has 1 fully saturated rings. The zero-order valence-corrected chi connectivity index (χ0v) is 20.6. The van der Waals surface area contributed by atoms with Crippen molar-refractivity contribution in [1.82, 2.24) is 19.5 Å². The van der Waals surface area contributed by atoms with Crippen LogP contribution in [0.5, 0.6) is 5.75 Å². The molecule has 1 aliphatic rings. The SMILES string of the molecule is COc1ccccc1CC[S+](C)OC[C@H]1O[C@@H](n2cnc3c(N)ncnc32)[C@H](O)[C@@H]1O.[I-]. The number of fused-ring (bicyclic) bond motifs is 1. The molecule has 0 saturated carbocycles. The lowest BCUT2D eigenvalue weighted by molar-refractivity contribution is -0.0458. The first-order chi connectivity index (χ1) is 15.0. The minimum atomic E-state index is -1.16. The number of hydrogen-bond donors (Lipinski definition) is 3. The van der Waals surface area contributed by atoms with Crippen LogP contribution in [-0.4, -0.2) is 73.8 Å². The Kier molecular flexibility index (Phi) is 8.52. The molecule has 3 heterocycles.